The number of amides is 1. The number of fused-ring (bicyclic) bond motifs is 1. The van der Waals surface area contributed by atoms with Gasteiger partial charge in [-0.1, -0.05) is 26.0 Å². The Morgan fingerprint density at radius 1 is 1.41 bits per heavy atom. The minimum atomic E-state index is -0.684. The van der Waals surface area contributed by atoms with Crippen molar-refractivity contribution in [2.24, 2.45) is 11.7 Å². The Kier molecular flexibility index (Phi) is 3.17. The van der Waals surface area contributed by atoms with Gasteiger partial charge in [0.1, 0.15) is 0 Å². The highest BCUT2D eigenvalue weighted by atomic mass is 16.3. The Hall–Kier alpha value is -1.39. The Labute approximate surface area is 101 Å². The maximum Gasteiger partial charge on any atom is 0.228 e. The lowest BCUT2D eigenvalue weighted by Gasteiger charge is -2.22. The van der Waals surface area contributed by atoms with Crippen LogP contribution in [0.3, 0.4) is 0 Å². The average molecular weight is 234 g/mol. The number of carbonyl (C=O) groups excluding carboxylic acids is 1. The molecule has 4 heteroatoms. The third kappa shape index (κ3) is 2.33. The van der Waals surface area contributed by atoms with E-state index in [4.69, 9.17) is 5.73 Å². The molecule has 92 valence electrons. The van der Waals surface area contributed by atoms with Crippen molar-refractivity contribution in [3.05, 3.63) is 29.3 Å². The van der Waals surface area contributed by atoms with Crippen LogP contribution in [-0.2, 0) is 11.2 Å². The summed E-state index contributed by atoms with van der Waals surface area (Å²) in [6.45, 7) is 3.96. The minimum absolute atomic E-state index is 0.000187. The lowest BCUT2D eigenvalue weighted by atomic mass is 9.93. The highest BCUT2D eigenvalue weighted by Crippen LogP contribution is 2.28. The number of anilines is 1. The molecule has 0 saturated heterocycles. The second-order valence-corrected chi connectivity index (χ2v) is 4.91. The standard InChI is InChI=1S/C13H18N2O2/c1-7(2)12(14)13(17)8-3-4-10-9(5-8)6-11(16)15-10/h3-5,7,12-13,17H,6,14H2,1-2H3,(H,15,16). The molecule has 0 aromatic heterocycles. The maximum atomic E-state index is 11.2. The van der Waals surface area contributed by atoms with Crippen LogP contribution in [0.15, 0.2) is 18.2 Å². The van der Waals surface area contributed by atoms with Gasteiger partial charge >= 0.3 is 0 Å². The number of nitrogens with two attached hydrogens (primary N) is 1. The molecule has 4 nitrogen and oxygen atoms in total. The van der Waals surface area contributed by atoms with E-state index in [2.05, 4.69) is 5.32 Å². The molecule has 0 bridgehead atoms. The number of hydrogen-bond donors (Lipinski definition) is 3. The summed E-state index contributed by atoms with van der Waals surface area (Å²) in [5.41, 5.74) is 8.48. The Morgan fingerprint density at radius 2 is 2.12 bits per heavy atom. The quantitative estimate of drug-likeness (QED) is 0.735. The van der Waals surface area contributed by atoms with Crippen LogP contribution in [0.1, 0.15) is 31.1 Å². The average Bonchev–Trinajstić information content (AvgIpc) is 2.65. The topological polar surface area (TPSA) is 75.3 Å². The molecule has 17 heavy (non-hydrogen) atoms. The van der Waals surface area contributed by atoms with E-state index in [0.717, 1.165) is 16.8 Å². The van der Waals surface area contributed by atoms with Crippen LogP contribution in [0.2, 0.25) is 0 Å². The molecule has 1 aliphatic rings. The molecule has 1 aromatic rings. The molecule has 0 aliphatic carbocycles. The number of rotatable bonds is 3. The fourth-order valence-corrected chi connectivity index (χ4v) is 2.02. The zero-order valence-electron chi connectivity index (χ0n) is 10.1. The van der Waals surface area contributed by atoms with Gasteiger partial charge in [-0.2, -0.15) is 0 Å². The fraction of sp³-hybridized carbons (Fsp3) is 0.462. The summed E-state index contributed by atoms with van der Waals surface area (Å²) in [7, 11) is 0. The zero-order valence-corrected chi connectivity index (χ0v) is 10.1. The summed E-state index contributed by atoms with van der Waals surface area (Å²) in [5, 5.41) is 12.9. The molecule has 1 heterocycles. The summed E-state index contributed by atoms with van der Waals surface area (Å²) in [6, 6.07) is 5.21. The van der Waals surface area contributed by atoms with Crippen LogP contribution in [0.25, 0.3) is 0 Å². The molecular formula is C13H18N2O2. The SMILES string of the molecule is CC(C)C(N)C(O)c1ccc2c(c1)CC(=O)N2. The molecule has 4 N–H and O–H groups in total. The van der Waals surface area contributed by atoms with Crippen molar-refractivity contribution >= 4 is 11.6 Å². The van der Waals surface area contributed by atoms with E-state index in [-0.39, 0.29) is 17.9 Å². The third-order valence-corrected chi connectivity index (χ3v) is 3.23. The van der Waals surface area contributed by atoms with E-state index in [1.54, 1.807) is 0 Å². The smallest absolute Gasteiger partial charge is 0.228 e. The number of aliphatic hydroxyl groups excluding tert-OH is 1. The monoisotopic (exact) mass is 234 g/mol. The second kappa shape index (κ2) is 4.47. The molecule has 1 aromatic carbocycles. The number of hydrogen-bond acceptors (Lipinski definition) is 3. The van der Waals surface area contributed by atoms with Crippen LogP contribution in [-0.4, -0.2) is 17.1 Å². The van der Waals surface area contributed by atoms with Crippen molar-refractivity contribution in [2.45, 2.75) is 32.4 Å². The number of carbonyl (C=O) groups is 1. The predicted molar refractivity (Wildman–Crippen MR) is 66.5 cm³/mol. The van der Waals surface area contributed by atoms with Gasteiger partial charge in [-0.25, -0.2) is 0 Å². The van der Waals surface area contributed by atoms with Gasteiger partial charge in [0.15, 0.2) is 0 Å². The molecule has 2 atom stereocenters. The van der Waals surface area contributed by atoms with Crippen LogP contribution < -0.4 is 11.1 Å². The first-order valence-corrected chi connectivity index (χ1v) is 5.85. The summed E-state index contributed by atoms with van der Waals surface area (Å²) >= 11 is 0. The van der Waals surface area contributed by atoms with Crippen molar-refractivity contribution < 1.29 is 9.90 Å². The van der Waals surface area contributed by atoms with Crippen molar-refractivity contribution in [1.29, 1.82) is 0 Å². The number of nitrogens with one attached hydrogen (secondary N) is 1. The first-order chi connectivity index (χ1) is 7.99. The van der Waals surface area contributed by atoms with Crippen LogP contribution >= 0.6 is 0 Å². The molecule has 0 saturated carbocycles. The second-order valence-electron chi connectivity index (χ2n) is 4.91. The van der Waals surface area contributed by atoms with E-state index in [0.29, 0.717) is 6.42 Å². The van der Waals surface area contributed by atoms with Crippen LogP contribution in [0.5, 0.6) is 0 Å². The van der Waals surface area contributed by atoms with Gasteiger partial charge in [0.05, 0.1) is 12.5 Å². The van der Waals surface area contributed by atoms with Crippen LogP contribution in [0, 0.1) is 5.92 Å². The first kappa shape index (κ1) is 12.1. The van der Waals surface area contributed by atoms with Gasteiger partial charge < -0.3 is 16.2 Å². The van der Waals surface area contributed by atoms with Gasteiger partial charge in [0.2, 0.25) is 5.91 Å². The zero-order chi connectivity index (χ0) is 12.6. The number of benzene rings is 1. The lowest BCUT2D eigenvalue weighted by molar-refractivity contribution is -0.115. The van der Waals surface area contributed by atoms with Crippen molar-refractivity contribution in [3.63, 3.8) is 0 Å². The highest BCUT2D eigenvalue weighted by Gasteiger charge is 2.23. The van der Waals surface area contributed by atoms with Crippen molar-refractivity contribution in [3.8, 4) is 0 Å². The molecule has 2 rings (SSSR count). The van der Waals surface area contributed by atoms with E-state index < -0.39 is 6.10 Å². The molecule has 1 amide bonds. The lowest BCUT2D eigenvalue weighted by Crippen LogP contribution is -2.33. The minimum Gasteiger partial charge on any atom is -0.387 e. The van der Waals surface area contributed by atoms with E-state index in [1.165, 1.54) is 0 Å². The predicted octanol–water partition coefficient (Wildman–Crippen LogP) is 1.20. The van der Waals surface area contributed by atoms with Crippen LogP contribution in [0.4, 0.5) is 5.69 Å². The molecule has 1 aliphatic heterocycles. The first-order valence-electron chi connectivity index (χ1n) is 5.85. The molecular weight excluding hydrogens is 216 g/mol. The Balaban J connectivity index is 2.24. The molecule has 0 radical (unpaired) electrons. The Bertz CT molecular complexity index is 443. The fourth-order valence-electron chi connectivity index (χ4n) is 2.02. The summed E-state index contributed by atoms with van der Waals surface area (Å²) in [4.78, 5) is 11.2. The van der Waals surface area contributed by atoms with Gasteiger partial charge in [0.25, 0.3) is 0 Å². The molecule has 0 spiro atoms. The van der Waals surface area contributed by atoms with E-state index >= 15 is 0 Å². The number of aliphatic hydroxyl groups is 1. The largest absolute Gasteiger partial charge is 0.387 e. The van der Waals surface area contributed by atoms with Gasteiger partial charge in [0, 0.05) is 11.7 Å². The summed E-state index contributed by atoms with van der Waals surface area (Å²) in [6.07, 6.45) is -0.303. The van der Waals surface area contributed by atoms with Gasteiger partial charge in [-0.15, -0.1) is 0 Å². The maximum absolute atomic E-state index is 11.2. The molecule has 2 unspecified atom stereocenters. The summed E-state index contributed by atoms with van der Waals surface area (Å²) in [5.74, 6) is 0.206. The Morgan fingerprint density at radius 3 is 2.76 bits per heavy atom. The summed E-state index contributed by atoms with van der Waals surface area (Å²) < 4.78 is 0. The van der Waals surface area contributed by atoms with Crippen molar-refractivity contribution in [2.75, 3.05) is 5.32 Å². The van der Waals surface area contributed by atoms with E-state index in [9.17, 15) is 9.90 Å². The van der Waals surface area contributed by atoms with Crippen molar-refractivity contribution in [1.82, 2.24) is 0 Å². The van der Waals surface area contributed by atoms with E-state index in [1.807, 2.05) is 32.0 Å². The highest BCUT2D eigenvalue weighted by molar-refractivity contribution is 5.99. The normalized spacial score (nSPS) is 17.8. The molecule has 0 fully saturated rings. The van der Waals surface area contributed by atoms with Gasteiger partial charge in [-0.05, 0) is 23.1 Å². The van der Waals surface area contributed by atoms with Gasteiger partial charge in [-0.3, -0.25) is 4.79 Å². The third-order valence-electron chi connectivity index (χ3n) is 3.23.